The number of carbonyl (C=O) groups is 2. The highest BCUT2D eigenvalue weighted by Gasteiger charge is 2.08. The van der Waals surface area contributed by atoms with Crippen molar-refractivity contribution in [2.24, 2.45) is 0 Å². The lowest BCUT2D eigenvalue weighted by Crippen LogP contribution is -2.06. The Morgan fingerprint density at radius 1 is 1.14 bits per heavy atom. The first-order valence-electron chi connectivity index (χ1n) is 7.01. The van der Waals surface area contributed by atoms with Crippen molar-refractivity contribution < 1.29 is 14.3 Å². The molecule has 0 N–H and O–H groups in total. The van der Waals surface area contributed by atoms with Crippen molar-refractivity contribution in [2.45, 2.75) is 25.7 Å². The smallest absolute Gasteiger partial charge is 0.338 e. The first kappa shape index (κ1) is 14.9. The van der Waals surface area contributed by atoms with Gasteiger partial charge in [-0.1, -0.05) is 6.08 Å². The van der Waals surface area contributed by atoms with Crippen LogP contribution in [-0.4, -0.2) is 23.3 Å². The lowest BCUT2D eigenvalue weighted by Gasteiger charge is -2.04. The van der Waals surface area contributed by atoms with Gasteiger partial charge in [0, 0.05) is 18.8 Å². The molecule has 0 bridgehead atoms. The molecule has 0 unspecified atom stereocenters. The molecule has 0 saturated carbocycles. The number of esters is 1. The molecule has 4 heteroatoms. The first-order valence-corrected chi connectivity index (χ1v) is 7.01. The van der Waals surface area contributed by atoms with E-state index < -0.39 is 0 Å². The zero-order chi connectivity index (χ0) is 14.9. The van der Waals surface area contributed by atoms with Crippen LogP contribution in [0.3, 0.4) is 0 Å². The van der Waals surface area contributed by atoms with Gasteiger partial charge in [-0.25, -0.2) is 4.79 Å². The molecule has 0 amide bonds. The highest BCUT2D eigenvalue weighted by molar-refractivity contribution is 5.98. The Bertz CT molecular complexity index is 596. The molecular formula is C17H17NO3. The maximum atomic E-state index is 11.7. The van der Waals surface area contributed by atoms with Crippen LogP contribution in [0.1, 0.15) is 36.0 Å². The number of ether oxygens (including phenoxy) is 1. The van der Waals surface area contributed by atoms with Crippen molar-refractivity contribution in [3.63, 3.8) is 0 Å². The molecule has 21 heavy (non-hydrogen) atoms. The average molecular weight is 283 g/mol. The Labute approximate surface area is 123 Å². The lowest BCUT2D eigenvalue weighted by molar-refractivity contribution is -0.115. The normalized spacial score (nSPS) is 12.3. The molecule has 1 aromatic heterocycles. The molecule has 1 aromatic rings. The summed E-state index contributed by atoms with van der Waals surface area (Å²) in [6, 6.07) is 3.24. The quantitative estimate of drug-likeness (QED) is 0.418. The van der Waals surface area contributed by atoms with Crippen LogP contribution in [0.5, 0.6) is 0 Å². The summed E-state index contributed by atoms with van der Waals surface area (Å²) >= 11 is 0. The molecule has 0 atom stereocenters. The molecule has 0 fully saturated rings. The number of Topliss-reactive ketones (excluding diaryl/α,β-unsaturated/α-hetero) is 1. The van der Waals surface area contributed by atoms with Gasteiger partial charge in [-0.05, 0) is 43.5 Å². The maximum absolute atomic E-state index is 11.7. The summed E-state index contributed by atoms with van der Waals surface area (Å²) in [6.07, 6.45) is 11.4. The minimum absolute atomic E-state index is 0.119. The van der Waals surface area contributed by atoms with Crippen molar-refractivity contribution >= 4 is 11.8 Å². The molecule has 1 heterocycles. The van der Waals surface area contributed by atoms with Crippen molar-refractivity contribution in [3.8, 4) is 0 Å². The molecule has 108 valence electrons. The van der Waals surface area contributed by atoms with Gasteiger partial charge >= 0.3 is 5.97 Å². The number of hydrogen-bond donors (Lipinski definition) is 0. The highest BCUT2D eigenvalue weighted by atomic mass is 16.5. The Balaban J connectivity index is 1.56. The molecule has 1 aliphatic rings. The monoisotopic (exact) mass is 283 g/mol. The van der Waals surface area contributed by atoms with Gasteiger partial charge in [0.05, 0.1) is 17.7 Å². The first-order chi connectivity index (χ1) is 10.3. The van der Waals surface area contributed by atoms with E-state index in [1.165, 1.54) is 0 Å². The van der Waals surface area contributed by atoms with Gasteiger partial charge in [0.15, 0.2) is 5.78 Å². The molecule has 0 aliphatic heterocycles. The van der Waals surface area contributed by atoms with Gasteiger partial charge in [0.1, 0.15) is 0 Å². The van der Waals surface area contributed by atoms with Gasteiger partial charge in [-0.15, -0.1) is 5.73 Å². The number of carbonyl (C=O) groups excluding carboxylic acids is 2. The molecule has 2 rings (SSSR count). The van der Waals surface area contributed by atoms with Gasteiger partial charge in [0.2, 0.25) is 0 Å². The summed E-state index contributed by atoms with van der Waals surface area (Å²) in [5.74, 6) is -0.214. The fraction of sp³-hybridized carbons (Fsp3) is 0.294. The van der Waals surface area contributed by atoms with Crippen molar-refractivity contribution in [1.82, 2.24) is 4.98 Å². The van der Waals surface area contributed by atoms with Crippen LogP contribution in [0.25, 0.3) is 0 Å². The van der Waals surface area contributed by atoms with E-state index in [0.717, 1.165) is 19.3 Å². The van der Waals surface area contributed by atoms with Crippen LogP contribution >= 0.6 is 0 Å². The average Bonchev–Trinajstić information content (AvgIpc) is 3.05. The second-order valence-electron chi connectivity index (χ2n) is 4.69. The molecular weight excluding hydrogens is 266 g/mol. The predicted octanol–water partition coefficient (Wildman–Crippen LogP) is 3.02. The number of nitrogens with zero attached hydrogens (tertiary/aromatic N) is 1. The van der Waals surface area contributed by atoms with Gasteiger partial charge in [-0.2, -0.15) is 0 Å². The molecule has 1 aliphatic carbocycles. The van der Waals surface area contributed by atoms with Crippen LogP contribution in [0.2, 0.25) is 0 Å². The standard InChI is InChI=1S/C17H17NO3/c19-16(14-6-3-4-7-14)8-2-1-5-13-21-17(20)15-9-11-18-12-10-15/h3-4,6,9-12H,1-2,5,8,13H2. The number of unbranched alkanes of at least 4 members (excludes halogenated alkanes) is 2. The maximum Gasteiger partial charge on any atom is 0.338 e. The third-order valence-corrected chi connectivity index (χ3v) is 3.10. The molecule has 0 aromatic carbocycles. The van der Waals surface area contributed by atoms with Crippen molar-refractivity contribution in [1.29, 1.82) is 0 Å². The van der Waals surface area contributed by atoms with E-state index in [-0.39, 0.29) is 11.8 Å². The molecule has 0 saturated heterocycles. The van der Waals surface area contributed by atoms with Crippen LogP contribution in [0, 0.1) is 0 Å². The summed E-state index contributed by atoms with van der Waals surface area (Å²) in [4.78, 5) is 27.2. The van der Waals surface area contributed by atoms with Gasteiger partial charge < -0.3 is 4.74 Å². The molecule has 0 spiro atoms. The van der Waals surface area contributed by atoms with Crippen LogP contribution in [-0.2, 0) is 9.53 Å². The summed E-state index contributed by atoms with van der Waals surface area (Å²) < 4.78 is 5.15. The van der Waals surface area contributed by atoms with Crippen molar-refractivity contribution in [2.75, 3.05) is 6.61 Å². The largest absolute Gasteiger partial charge is 0.462 e. The number of pyridine rings is 1. The van der Waals surface area contributed by atoms with E-state index >= 15 is 0 Å². The minimum atomic E-state index is -0.333. The third-order valence-electron chi connectivity index (χ3n) is 3.10. The van der Waals surface area contributed by atoms with Gasteiger partial charge in [-0.3, -0.25) is 9.78 Å². The zero-order valence-corrected chi connectivity index (χ0v) is 11.7. The highest BCUT2D eigenvalue weighted by Crippen LogP contribution is 2.10. The predicted molar refractivity (Wildman–Crippen MR) is 78.7 cm³/mol. The van der Waals surface area contributed by atoms with Crippen molar-refractivity contribution in [3.05, 3.63) is 59.6 Å². The fourth-order valence-electron chi connectivity index (χ4n) is 1.94. The second-order valence-corrected chi connectivity index (χ2v) is 4.69. The van der Waals surface area contributed by atoms with Gasteiger partial charge in [0.25, 0.3) is 0 Å². The summed E-state index contributed by atoms with van der Waals surface area (Å²) in [5, 5.41) is 0. The zero-order valence-electron chi connectivity index (χ0n) is 11.7. The Morgan fingerprint density at radius 3 is 2.67 bits per heavy atom. The second kappa shape index (κ2) is 7.98. The Kier molecular flexibility index (Phi) is 5.68. The third kappa shape index (κ3) is 4.86. The van der Waals surface area contributed by atoms with E-state index in [1.807, 2.05) is 6.08 Å². The van der Waals surface area contributed by atoms with E-state index in [9.17, 15) is 9.59 Å². The summed E-state index contributed by atoms with van der Waals surface area (Å²) in [7, 11) is 0. The summed E-state index contributed by atoms with van der Waals surface area (Å²) in [5.41, 5.74) is 4.06. The molecule has 0 radical (unpaired) electrons. The molecule has 4 nitrogen and oxygen atoms in total. The number of allylic oxidation sites excluding steroid dienone is 3. The van der Waals surface area contributed by atoms with E-state index in [0.29, 0.717) is 24.2 Å². The van der Waals surface area contributed by atoms with Crippen LogP contribution < -0.4 is 0 Å². The van der Waals surface area contributed by atoms with Crippen LogP contribution in [0.15, 0.2) is 54.1 Å². The van der Waals surface area contributed by atoms with Crippen LogP contribution in [0.4, 0.5) is 0 Å². The van der Waals surface area contributed by atoms with E-state index in [2.05, 4.69) is 10.7 Å². The lowest BCUT2D eigenvalue weighted by atomic mass is 10.1. The number of hydrogen-bond acceptors (Lipinski definition) is 4. The number of aromatic nitrogens is 1. The Morgan fingerprint density at radius 2 is 1.95 bits per heavy atom. The fourth-order valence-corrected chi connectivity index (χ4v) is 1.94. The SMILES string of the molecule is O=C(CCCCCOC(=O)c1ccncc1)C1=C=CC=C1. The summed E-state index contributed by atoms with van der Waals surface area (Å²) in [6.45, 7) is 0.373. The Hall–Kier alpha value is -2.45. The number of rotatable bonds is 8. The van der Waals surface area contributed by atoms with E-state index in [1.54, 1.807) is 36.7 Å². The number of ketones is 1. The minimum Gasteiger partial charge on any atom is -0.462 e. The van der Waals surface area contributed by atoms with E-state index in [4.69, 9.17) is 4.74 Å². The topological polar surface area (TPSA) is 56.3 Å².